The molecule has 3 N–H and O–H groups in total. The number of esters is 1. The first-order valence-electron chi connectivity index (χ1n) is 12.4. The van der Waals surface area contributed by atoms with Crippen LogP contribution in [0.25, 0.3) is 0 Å². The van der Waals surface area contributed by atoms with Gasteiger partial charge in [0.1, 0.15) is 11.9 Å². The first-order chi connectivity index (χ1) is 15.6. The Balaban J connectivity index is 1.72. The number of ketones is 1. The Bertz CT molecular complexity index is 813. The Kier molecular flexibility index (Phi) is 9.04. The Morgan fingerprint density at radius 1 is 1.18 bits per heavy atom. The molecular formula is C27H41NO4S. The maximum Gasteiger partial charge on any atom is 0.316 e. The fourth-order valence-corrected chi connectivity index (χ4v) is 6.71. The van der Waals surface area contributed by atoms with Crippen LogP contribution >= 0.6 is 11.8 Å². The second-order valence-electron chi connectivity index (χ2n) is 10.6. The summed E-state index contributed by atoms with van der Waals surface area (Å²) in [6.07, 6.45) is 4.39. The number of ether oxygens (including phenoxy) is 1. The molecule has 2 aliphatic rings. The number of rotatable bonds is 8. The molecule has 0 spiro atoms. The van der Waals surface area contributed by atoms with Gasteiger partial charge in [-0.25, -0.2) is 0 Å². The predicted octanol–water partition coefficient (Wildman–Crippen LogP) is 4.98. The number of thioether (sulfide) groups is 1. The quantitative estimate of drug-likeness (QED) is 0.407. The number of fused-ring (bicyclic) bond motifs is 2. The Morgan fingerprint density at radius 2 is 1.88 bits per heavy atom. The van der Waals surface area contributed by atoms with Crippen molar-refractivity contribution in [3.05, 3.63) is 29.8 Å². The van der Waals surface area contributed by atoms with E-state index in [-0.39, 0.29) is 46.8 Å². The monoisotopic (exact) mass is 475 g/mol. The van der Waals surface area contributed by atoms with Crippen molar-refractivity contribution in [1.82, 2.24) is 0 Å². The van der Waals surface area contributed by atoms with E-state index in [1.165, 1.54) is 11.8 Å². The molecule has 0 heterocycles. The average Bonchev–Trinajstić information content (AvgIpc) is 2.80. The average molecular weight is 476 g/mol. The van der Waals surface area contributed by atoms with Gasteiger partial charge in [-0.2, -0.15) is 0 Å². The molecule has 184 valence electrons. The van der Waals surface area contributed by atoms with Gasteiger partial charge in [-0.3, -0.25) is 4.79 Å². The molecule has 3 rings (SSSR count). The molecule has 6 heteroatoms. The summed E-state index contributed by atoms with van der Waals surface area (Å²) in [4.78, 5) is 25.7. The number of aliphatic hydroxyl groups excluding tert-OH is 1. The number of hydrogen-bond acceptors (Lipinski definition) is 6. The first-order valence-corrected chi connectivity index (χ1v) is 13.4. The molecule has 1 unspecified atom stereocenters. The Hall–Kier alpha value is -1.37. The third kappa shape index (κ3) is 6.40. The molecular weight excluding hydrogens is 434 g/mol. The van der Waals surface area contributed by atoms with E-state index >= 15 is 0 Å². The van der Waals surface area contributed by atoms with Gasteiger partial charge in [-0.05, 0) is 85.8 Å². The van der Waals surface area contributed by atoms with Gasteiger partial charge < -0.3 is 20.4 Å². The van der Waals surface area contributed by atoms with E-state index in [9.17, 15) is 14.7 Å². The number of Topliss-reactive ketones (excluding diaryl/α,β-unsaturated/α-hetero) is 1. The SMILES string of the molecule is CC(=O)CC[C@]12CC[C@@H](C)C(C1)[C@H](OC(=O)CSc1ccc(CN)cc1)C[C@@H](C)[C@@H](O)[C@@H]2C. The van der Waals surface area contributed by atoms with Crippen LogP contribution in [-0.4, -0.2) is 34.8 Å². The number of benzene rings is 1. The van der Waals surface area contributed by atoms with Gasteiger partial charge in [0.05, 0.1) is 11.9 Å². The molecule has 7 atom stereocenters. The lowest BCUT2D eigenvalue weighted by molar-refractivity contribution is -0.161. The fraction of sp³-hybridized carbons (Fsp3) is 0.704. The third-order valence-corrected chi connectivity index (χ3v) is 9.37. The summed E-state index contributed by atoms with van der Waals surface area (Å²) in [5.74, 6) is 1.17. The maximum absolute atomic E-state index is 12.9. The molecule has 2 aliphatic carbocycles. The Labute approximate surface area is 203 Å². The number of aliphatic hydroxyl groups is 1. The molecule has 0 amide bonds. The van der Waals surface area contributed by atoms with E-state index in [0.29, 0.717) is 25.3 Å². The minimum absolute atomic E-state index is 0.0408. The number of hydrogen-bond donors (Lipinski definition) is 2. The molecule has 2 saturated carbocycles. The van der Waals surface area contributed by atoms with Crippen LogP contribution in [-0.2, 0) is 20.9 Å². The summed E-state index contributed by atoms with van der Waals surface area (Å²) in [5.41, 5.74) is 6.66. The number of nitrogens with two attached hydrogens (primary N) is 1. The van der Waals surface area contributed by atoms with E-state index in [2.05, 4.69) is 20.8 Å². The van der Waals surface area contributed by atoms with Crippen LogP contribution in [0.15, 0.2) is 29.2 Å². The molecule has 0 aromatic heterocycles. The maximum atomic E-state index is 12.9. The van der Waals surface area contributed by atoms with Gasteiger partial charge in [0.25, 0.3) is 0 Å². The minimum atomic E-state index is -0.456. The normalized spacial score (nSPS) is 34.2. The van der Waals surface area contributed by atoms with Crippen molar-refractivity contribution in [1.29, 1.82) is 0 Å². The Morgan fingerprint density at radius 3 is 2.52 bits per heavy atom. The third-order valence-electron chi connectivity index (χ3n) is 8.39. The van der Waals surface area contributed by atoms with Gasteiger partial charge >= 0.3 is 5.97 Å². The molecule has 0 saturated heterocycles. The van der Waals surface area contributed by atoms with Crippen LogP contribution < -0.4 is 5.73 Å². The lowest BCUT2D eigenvalue weighted by Gasteiger charge is -2.53. The van der Waals surface area contributed by atoms with Crippen molar-refractivity contribution in [2.24, 2.45) is 34.8 Å². The van der Waals surface area contributed by atoms with Crippen molar-refractivity contribution in [2.45, 2.75) is 89.9 Å². The smallest absolute Gasteiger partial charge is 0.316 e. The summed E-state index contributed by atoms with van der Waals surface area (Å²) in [6.45, 7) is 8.65. The van der Waals surface area contributed by atoms with E-state index < -0.39 is 6.10 Å². The second kappa shape index (κ2) is 11.4. The van der Waals surface area contributed by atoms with Crippen LogP contribution in [0.1, 0.15) is 71.8 Å². The summed E-state index contributed by atoms with van der Waals surface area (Å²) in [5, 5.41) is 11.2. The standard InChI is InChI=1S/C27H41NO4S/c1-17-9-11-27(12-10-19(3)29)14-23(17)24(13-18(2)26(31)20(27)4)32-25(30)16-33-22-7-5-21(15-28)6-8-22/h5-8,17-18,20,23-24,26,31H,9-16,28H2,1-4H3/t17-,18-,20+,23?,24-,26-,27-/m1/s1. The first kappa shape index (κ1) is 26.2. The lowest BCUT2D eigenvalue weighted by atomic mass is 9.54. The van der Waals surface area contributed by atoms with Gasteiger partial charge in [-0.15, -0.1) is 11.8 Å². The largest absolute Gasteiger partial charge is 0.461 e. The lowest BCUT2D eigenvalue weighted by Crippen LogP contribution is -2.51. The van der Waals surface area contributed by atoms with Crippen molar-refractivity contribution in [2.75, 3.05) is 5.75 Å². The number of carbonyl (C=O) groups is 2. The van der Waals surface area contributed by atoms with Gasteiger partial charge in [0.2, 0.25) is 0 Å². The predicted molar refractivity (Wildman–Crippen MR) is 133 cm³/mol. The zero-order valence-corrected chi connectivity index (χ0v) is 21.4. The van der Waals surface area contributed by atoms with Crippen molar-refractivity contribution >= 4 is 23.5 Å². The van der Waals surface area contributed by atoms with Crippen LogP contribution in [0.5, 0.6) is 0 Å². The molecule has 1 aromatic carbocycles. The van der Waals surface area contributed by atoms with Gasteiger partial charge in [0, 0.05) is 17.9 Å². The molecule has 1 aromatic rings. The highest BCUT2D eigenvalue weighted by Gasteiger charge is 2.50. The minimum Gasteiger partial charge on any atom is -0.461 e. The van der Waals surface area contributed by atoms with Crippen LogP contribution in [0.3, 0.4) is 0 Å². The topological polar surface area (TPSA) is 89.6 Å². The van der Waals surface area contributed by atoms with E-state index in [1.807, 2.05) is 24.3 Å². The highest BCUT2D eigenvalue weighted by atomic mass is 32.2. The summed E-state index contributed by atoms with van der Waals surface area (Å²) in [6, 6.07) is 7.94. The highest BCUT2D eigenvalue weighted by Crippen LogP contribution is 2.55. The van der Waals surface area contributed by atoms with E-state index in [4.69, 9.17) is 10.5 Å². The zero-order valence-electron chi connectivity index (χ0n) is 20.6. The van der Waals surface area contributed by atoms with E-state index in [1.54, 1.807) is 6.92 Å². The summed E-state index contributed by atoms with van der Waals surface area (Å²) >= 11 is 1.48. The van der Waals surface area contributed by atoms with E-state index in [0.717, 1.165) is 36.1 Å². The van der Waals surface area contributed by atoms with Crippen LogP contribution in [0, 0.1) is 29.1 Å². The van der Waals surface area contributed by atoms with Crippen molar-refractivity contribution < 1.29 is 19.4 Å². The molecule has 2 bridgehead atoms. The number of carbonyl (C=O) groups excluding carboxylic acids is 2. The second-order valence-corrected chi connectivity index (χ2v) is 11.7. The zero-order chi connectivity index (χ0) is 24.2. The molecule has 5 nitrogen and oxygen atoms in total. The summed E-state index contributed by atoms with van der Waals surface area (Å²) < 4.78 is 6.12. The van der Waals surface area contributed by atoms with Crippen molar-refractivity contribution in [3.63, 3.8) is 0 Å². The van der Waals surface area contributed by atoms with Crippen LogP contribution in [0.4, 0.5) is 0 Å². The molecule has 0 radical (unpaired) electrons. The fourth-order valence-electron chi connectivity index (χ4n) is 6.03. The van der Waals surface area contributed by atoms with Gasteiger partial charge in [-0.1, -0.05) is 32.9 Å². The van der Waals surface area contributed by atoms with Gasteiger partial charge in [0.15, 0.2) is 0 Å². The molecule has 2 fully saturated rings. The summed E-state index contributed by atoms with van der Waals surface area (Å²) in [7, 11) is 0. The van der Waals surface area contributed by atoms with Crippen molar-refractivity contribution in [3.8, 4) is 0 Å². The molecule has 0 aliphatic heterocycles. The highest BCUT2D eigenvalue weighted by molar-refractivity contribution is 8.00. The molecule has 33 heavy (non-hydrogen) atoms. The van der Waals surface area contributed by atoms with Crippen LogP contribution in [0.2, 0.25) is 0 Å².